The first kappa shape index (κ1) is 12.9. The van der Waals surface area contributed by atoms with Crippen LogP contribution in [0.2, 0.25) is 5.02 Å². The number of hydrogen-bond acceptors (Lipinski definition) is 3. The van der Waals surface area contributed by atoms with Crippen LogP contribution in [-0.2, 0) is 11.2 Å². The molecule has 3 rings (SSSR count). The zero-order valence-corrected chi connectivity index (χ0v) is 11.4. The molecule has 1 aromatic heterocycles. The fourth-order valence-corrected chi connectivity index (χ4v) is 2.36. The summed E-state index contributed by atoms with van der Waals surface area (Å²) in [6, 6.07) is 11.2. The smallest absolute Gasteiger partial charge is 0.232 e. The Hall–Kier alpha value is -2.07. The van der Waals surface area contributed by atoms with Crippen molar-refractivity contribution in [3.05, 3.63) is 53.2 Å². The van der Waals surface area contributed by atoms with Crippen LogP contribution in [0.3, 0.4) is 0 Å². The maximum Gasteiger partial charge on any atom is 0.232 e. The van der Waals surface area contributed by atoms with Crippen LogP contribution < -0.4 is 10.1 Å². The minimum atomic E-state index is -0.233. The van der Waals surface area contributed by atoms with Gasteiger partial charge in [-0.2, -0.15) is 0 Å². The van der Waals surface area contributed by atoms with Gasteiger partial charge in [0, 0.05) is 6.20 Å². The third kappa shape index (κ3) is 2.60. The zero-order chi connectivity index (χ0) is 13.9. The molecule has 0 saturated heterocycles. The molecule has 5 heteroatoms. The van der Waals surface area contributed by atoms with Crippen molar-refractivity contribution in [2.24, 2.45) is 5.92 Å². The van der Waals surface area contributed by atoms with Gasteiger partial charge in [0.1, 0.15) is 12.4 Å². The first-order valence-corrected chi connectivity index (χ1v) is 6.74. The monoisotopic (exact) mass is 288 g/mol. The quantitative estimate of drug-likeness (QED) is 0.924. The molecule has 1 aliphatic heterocycles. The van der Waals surface area contributed by atoms with Crippen molar-refractivity contribution < 1.29 is 9.53 Å². The number of rotatable bonds is 2. The molecule has 4 nitrogen and oxygen atoms in total. The lowest BCUT2D eigenvalue weighted by Crippen LogP contribution is -2.32. The van der Waals surface area contributed by atoms with Gasteiger partial charge in [-0.25, -0.2) is 4.98 Å². The average molecular weight is 289 g/mol. The molecule has 102 valence electrons. The Morgan fingerprint density at radius 2 is 2.15 bits per heavy atom. The van der Waals surface area contributed by atoms with Gasteiger partial charge >= 0.3 is 0 Å². The molecule has 1 atom stereocenters. The zero-order valence-electron chi connectivity index (χ0n) is 10.7. The molecule has 0 aliphatic carbocycles. The lowest BCUT2D eigenvalue weighted by molar-refractivity contribution is -0.121. The highest BCUT2D eigenvalue weighted by molar-refractivity contribution is 6.33. The normalized spacial score (nSPS) is 16.9. The van der Waals surface area contributed by atoms with Crippen LogP contribution in [0, 0.1) is 5.92 Å². The van der Waals surface area contributed by atoms with Gasteiger partial charge in [-0.05, 0) is 30.2 Å². The Kier molecular flexibility index (Phi) is 3.56. The second kappa shape index (κ2) is 5.51. The molecule has 20 heavy (non-hydrogen) atoms. The molecule has 0 saturated carbocycles. The average Bonchev–Trinajstić information content (AvgIpc) is 2.49. The number of fused-ring (bicyclic) bond motifs is 1. The number of benzene rings is 1. The van der Waals surface area contributed by atoms with Gasteiger partial charge in [0.05, 0.1) is 10.9 Å². The van der Waals surface area contributed by atoms with Gasteiger partial charge in [-0.1, -0.05) is 29.8 Å². The molecule has 1 amide bonds. The van der Waals surface area contributed by atoms with Gasteiger partial charge in [-0.15, -0.1) is 0 Å². The van der Waals surface area contributed by atoms with Crippen molar-refractivity contribution in [2.45, 2.75) is 6.42 Å². The number of ether oxygens (including phenoxy) is 1. The van der Waals surface area contributed by atoms with Gasteiger partial charge in [-0.3, -0.25) is 4.79 Å². The van der Waals surface area contributed by atoms with E-state index in [9.17, 15) is 4.79 Å². The lowest BCUT2D eigenvalue weighted by atomic mass is 9.96. The van der Waals surface area contributed by atoms with Crippen LogP contribution in [0.15, 0.2) is 42.6 Å². The number of carbonyl (C=O) groups is 1. The fraction of sp³-hybridized carbons (Fsp3) is 0.200. The third-order valence-corrected chi connectivity index (χ3v) is 3.55. The highest BCUT2D eigenvalue weighted by Crippen LogP contribution is 2.27. The third-order valence-electron chi connectivity index (χ3n) is 3.25. The molecular formula is C15H13ClN2O2. The molecule has 1 aliphatic rings. The Morgan fingerprint density at radius 3 is 3.00 bits per heavy atom. The molecule has 2 aromatic rings. The predicted molar refractivity (Wildman–Crippen MR) is 77.0 cm³/mol. The van der Waals surface area contributed by atoms with E-state index in [4.69, 9.17) is 16.3 Å². The van der Waals surface area contributed by atoms with E-state index < -0.39 is 0 Å². The van der Waals surface area contributed by atoms with Crippen molar-refractivity contribution in [3.8, 4) is 5.75 Å². The minimum absolute atomic E-state index is 0.125. The minimum Gasteiger partial charge on any atom is -0.492 e. The number of pyridine rings is 1. The van der Waals surface area contributed by atoms with Crippen molar-refractivity contribution in [2.75, 3.05) is 11.9 Å². The molecule has 2 heterocycles. The molecule has 1 N–H and O–H groups in total. The largest absolute Gasteiger partial charge is 0.492 e. The van der Waals surface area contributed by atoms with Crippen molar-refractivity contribution in [3.63, 3.8) is 0 Å². The molecule has 1 unspecified atom stereocenters. The van der Waals surface area contributed by atoms with Crippen LogP contribution in [0.4, 0.5) is 5.82 Å². The number of amides is 1. The summed E-state index contributed by atoms with van der Waals surface area (Å²) in [7, 11) is 0. The van der Waals surface area contributed by atoms with E-state index in [1.54, 1.807) is 18.3 Å². The number of hydrogen-bond donors (Lipinski definition) is 1. The van der Waals surface area contributed by atoms with E-state index in [1.807, 2.05) is 24.3 Å². The Bertz CT molecular complexity index is 645. The van der Waals surface area contributed by atoms with Gasteiger partial charge in [0.25, 0.3) is 0 Å². The van der Waals surface area contributed by atoms with Crippen molar-refractivity contribution in [1.82, 2.24) is 4.98 Å². The maximum absolute atomic E-state index is 12.2. The number of para-hydroxylation sites is 1. The molecule has 0 spiro atoms. The second-order valence-corrected chi connectivity index (χ2v) is 5.05. The number of halogens is 1. The van der Waals surface area contributed by atoms with Gasteiger partial charge < -0.3 is 10.1 Å². The lowest BCUT2D eigenvalue weighted by Gasteiger charge is -2.24. The van der Waals surface area contributed by atoms with E-state index in [2.05, 4.69) is 10.3 Å². The number of nitrogens with one attached hydrogen (secondary N) is 1. The van der Waals surface area contributed by atoms with Crippen molar-refractivity contribution in [1.29, 1.82) is 0 Å². The molecule has 0 fully saturated rings. The molecule has 0 bridgehead atoms. The van der Waals surface area contributed by atoms with Crippen molar-refractivity contribution >= 4 is 23.3 Å². The van der Waals surface area contributed by atoms with Gasteiger partial charge in [0.2, 0.25) is 5.91 Å². The summed E-state index contributed by atoms with van der Waals surface area (Å²) in [5.74, 6) is 0.883. The summed E-state index contributed by atoms with van der Waals surface area (Å²) in [5, 5.41) is 3.18. The van der Waals surface area contributed by atoms with Crippen LogP contribution in [0.25, 0.3) is 0 Å². The maximum atomic E-state index is 12.2. The van der Waals surface area contributed by atoms with Gasteiger partial charge in [0.15, 0.2) is 5.82 Å². The Morgan fingerprint density at radius 1 is 1.30 bits per heavy atom. The second-order valence-electron chi connectivity index (χ2n) is 4.64. The highest BCUT2D eigenvalue weighted by Gasteiger charge is 2.26. The van der Waals surface area contributed by atoms with E-state index >= 15 is 0 Å². The fourth-order valence-electron chi connectivity index (χ4n) is 2.19. The summed E-state index contributed by atoms with van der Waals surface area (Å²) in [4.78, 5) is 16.3. The summed E-state index contributed by atoms with van der Waals surface area (Å²) in [6.45, 7) is 0.368. The summed E-state index contributed by atoms with van der Waals surface area (Å²) in [6.07, 6.45) is 2.25. The first-order chi connectivity index (χ1) is 9.74. The number of carbonyl (C=O) groups excluding carboxylic acids is 1. The highest BCUT2D eigenvalue weighted by atomic mass is 35.5. The van der Waals surface area contributed by atoms with E-state index in [0.29, 0.717) is 23.9 Å². The SMILES string of the molecule is O=C(Nc1ncccc1Cl)C1COc2ccccc2C1. The standard InChI is InChI=1S/C15H13ClN2O2/c16-12-5-3-7-17-14(12)18-15(19)11-8-10-4-1-2-6-13(10)20-9-11/h1-7,11H,8-9H2,(H,17,18,19). The van der Waals surface area contributed by atoms with E-state index in [-0.39, 0.29) is 11.8 Å². The Labute approximate surface area is 121 Å². The van der Waals surface area contributed by atoms with E-state index in [0.717, 1.165) is 11.3 Å². The number of aromatic nitrogens is 1. The van der Waals surface area contributed by atoms with Crippen LogP contribution in [0.1, 0.15) is 5.56 Å². The topological polar surface area (TPSA) is 51.2 Å². The number of nitrogens with zero attached hydrogens (tertiary/aromatic N) is 1. The Balaban J connectivity index is 1.72. The first-order valence-electron chi connectivity index (χ1n) is 6.36. The van der Waals surface area contributed by atoms with Crippen LogP contribution in [0.5, 0.6) is 5.75 Å². The summed E-state index contributed by atoms with van der Waals surface area (Å²) in [5.41, 5.74) is 1.05. The number of anilines is 1. The molecule has 0 radical (unpaired) electrons. The molecular weight excluding hydrogens is 276 g/mol. The van der Waals surface area contributed by atoms with E-state index in [1.165, 1.54) is 0 Å². The summed E-state index contributed by atoms with van der Waals surface area (Å²) < 4.78 is 5.61. The summed E-state index contributed by atoms with van der Waals surface area (Å²) >= 11 is 5.98. The molecule has 1 aromatic carbocycles. The van der Waals surface area contributed by atoms with Crippen LogP contribution >= 0.6 is 11.6 Å². The van der Waals surface area contributed by atoms with Crippen LogP contribution in [-0.4, -0.2) is 17.5 Å². The predicted octanol–water partition coefficient (Wildman–Crippen LogP) is 2.92.